The smallest absolute Gasteiger partial charge is 0.416 e. The number of ether oxygens (including phenoxy) is 1. The Bertz CT molecular complexity index is 631. The number of hydrogen-bond acceptors (Lipinski definition) is 3. The minimum absolute atomic E-state index is 0.124. The van der Waals surface area contributed by atoms with E-state index in [2.05, 4.69) is 57.8 Å². The lowest BCUT2D eigenvalue weighted by Crippen LogP contribution is -2.39. The molecule has 0 atom stereocenters. The molecule has 0 saturated carbocycles. The van der Waals surface area contributed by atoms with Crippen molar-refractivity contribution in [3.05, 3.63) is 42.2 Å². The second-order valence-corrected chi connectivity index (χ2v) is 11.6. The molecular formula is C18H25NO3Si. The van der Waals surface area contributed by atoms with E-state index in [0.29, 0.717) is 11.4 Å². The number of rotatable bonds is 3. The Labute approximate surface area is 140 Å². The molecule has 0 aromatic heterocycles. The molecule has 0 aliphatic heterocycles. The van der Waals surface area contributed by atoms with Crippen LogP contribution in [0.4, 0.5) is 10.5 Å². The highest BCUT2D eigenvalue weighted by Gasteiger charge is 2.38. The first kappa shape index (κ1) is 18.9. The average molecular weight is 331 g/mol. The van der Waals surface area contributed by atoms with Crippen LogP contribution >= 0.6 is 0 Å². The van der Waals surface area contributed by atoms with Gasteiger partial charge in [0, 0.05) is 11.3 Å². The third-order valence-corrected chi connectivity index (χ3v) is 7.93. The minimum atomic E-state index is -1.86. The molecule has 1 N–H and O–H groups in total. The highest BCUT2D eigenvalue weighted by molar-refractivity contribution is 6.74. The summed E-state index contributed by atoms with van der Waals surface area (Å²) in [5, 5.41) is 2.73. The summed E-state index contributed by atoms with van der Waals surface area (Å²) in [6, 6.07) is 7.16. The van der Waals surface area contributed by atoms with Gasteiger partial charge in [-0.3, -0.25) is 5.32 Å². The molecule has 0 unspecified atom stereocenters. The first-order valence-electron chi connectivity index (χ1n) is 7.45. The molecule has 4 nitrogen and oxygen atoms in total. The summed E-state index contributed by atoms with van der Waals surface area (Å²) >= 11 is 0. The van der Waals surface area contributed by atoms with Gasteiger partial charge in [-0.1, -0.05) is 27.4 Å². The van der Waals surface area contributed by atoms with Gasteiger partial charge in [0.05, 0.1) is 5.76 Å². The first-order valence-corrected chi connectivity index (χ1v) is 10.4. The van der Waals surface area contributed by atoms with Gasteiger partial charge in [0.1, 0.15) is 6.11 Å². The molecule has 1 rings (SSSR count). The van der Waals surface area contributed by atoms with Gasteiger partial charge in [0.25, 0.3) is 8.32 Å². The van der Waals surface area contributed by atoms with E-state index in [1.54, 1.807) is 19.1 Å². The summed E-state index contributed by atoms with van der Waals surface area (Å²) in [5.74, 6) is 3.33. The van der Waals surface area contributed by atoms with Crippen molar-refractivity contribution < 1.29 is 14.0 Å². The summed E-state index contributed by atoms with van der Waals surface area (Å²) in [6.07, 6.45) is 2.27. The zero-order valence-electron chi connectivity index (χ0n) is 14.7. The number of hydrogen-bond donors (Lipinski definition) is 1. The van der Waals surface area contributed by atoms with Gasteiger partial charge in [-0.25, -0.2) is 4.79 Å². The van der Waals surface area contributed by atoms with E-state index in [0.717, 1.165) is 5.56 Å². The van der Waals surface area contributed by atoms with Crippen molar-refractivity contribution in [1.29, 1.82) is 0 Å². The number of anilines is 1. The summed E-state index contributed by atoms with van der Waals surface area (Å²) in [5.41, 5.74) is 1.45. The molecule has 0 fully saturated rings. The Balaban J connectivity index is 2.67. The highest BCUT2D eigenvalue weighted by atomic mass is 28.4. The Morgan fingerprint density at radius 2 is 1.78 bits per heavy atom. The maximum atomic E-state index is 11.4. The van der Waals surface area contributed by atoms with Crippen LogP contribution in [-0.4, -0.2) is 14.4 Å². The van der Waals surface area contributed by atoms with Crippen molar-refractivity contribution in [2.24, 2.45) is 0 Å². The molecule has 0 spiro atoms. The zero-order chi connectivity index (χ0) is 17.7. The molecule has 5 heteroatoms. The van der Waals surface area contributed by atoms with Gasteiger partial charge in [-0.15, -0.1) is 0 Å². The molecular weight excluding hydrogens is 306 g/mol. The van der Waals surface area contributed by atoms with E-state index in [1.807, 2.05) is 12.1 Å². The molecule has 0 aliphatic carbocycles. The van der Waals surface area contributed by atoms with Crippen LogP contribution in [0.15, 0.2) is 36.6 Å². The topological polar surface area (TPSA) is 47.6 Å². The van der Waals surface area contributed by atoms with Crippen LogP contribution < -0.4 is 5.32 Å². The van der Waals surface area contributed by atoms with Gasteiger partial charge in [0.15, 0.2) is 0 Å². The van der Waals surface area contributed by atoms with E-state index in [9.17, 15) is 4.79 Å². The molecule has 1 aromatic carbocycles. The summed E-state index contributed by atoms with van der Waals surface area (Å²) in [4.78, 5) is 11.4. The number of nitrogens with one attached hydrogen (secondary N) is 1. The van der Waals surface area contributed by atoms with Crippen LogP contribution in [0.1, 0.15) is 33.3 Å². The van der Waals surface area contributed by atoms with Crippen molar-refractivity contribution in [3.63, 3.8) is 0 Å². The lowest BCUT2D eigenvalue weighted by atomic mass is 10.2. The Kier molecular flexibility index (Phi) is 6.05. The van der Waals surface area contributed by atoms with Crippen LogP contribution in [0.5, 0.6) is 0 Å². The van der Waals surface area contributed by atoms with Crippen LogP contribution in [0.2, 0.25) is 18.1 Å². The monoisotopic (exact) mass is 331 g/mol. The summed E-state index contributed by atoms with van der Waals surface area (Å²) in [6.45, 7) is 15.9. The minimum Gasteiger partial charge on any atom is -0.500 e. The summed E-state index contributed by atoms with van der Waals surface area (Å²) < 4.78 is 10.6. The fraction of sp³-hybridized carbons (Fsp3) is 0.389. The van der Waals surface area contributed by atoms with Crippen molar-refractivity contribution in [2.45, 2.75) is 45.8 Å². The van der Waals surface area contributed by atoms with Crippen molar-refractivity contribution in [2.75, 3.05) is 5.32 Å². The summed E-state index contributed by atoms with van der Waals surface area (Å²) in [7, 11) is -1.86. The second-order valence-electron chi connectivity index (χ2n) is 6.88. The van der Waals surface area contributed by atoms with Crippen LogP contribution in [0.25, 0.3) is 0 Å². The Morgan fingerprint density at radius 1 is 1.22 bits per heavy atom. The highest BCUT2D eigenvalue weighted by Crippen LogP contribution is 2.36. The van der Waals surface area contributed by atoms with Gasteiger partial charge in [-0.2, -0.15) is 0 Å². The lowest BCUT2D eigenvalue weighted by Gasteiger charge is -2.33. The number of benzene rings is 1. The van der Waals surface area contributed by atoms with Crippen molar-refractivity contribution in [1.82, 2.24) is 0 Å². The number of allylic oxidation sites excluding steroid dienone is 1. The molecule has 124 valence electrons. The average Bonchev–Trinajstić information content (AvgIpc) is 2.38. The van der Waals surface area contributed by atoms with E-state index in [1.165, 1.54) is 0 Å². The molecule has 1 aromatic rings. The van der Waals surface area contributed by atoms with E-state index in [-0.39, 0.29) is 5.04 Å². The standard InChI is InChI=1S/C18H25NO3Si/c1-14(2)22-17(20)19-16-10-8-15(9-11-16)12-13-21-23(6,7)18(3,4)5/h8-11H,1H2,2-7H3,(H,19,20). The van der Waals surface area contributed by atoms with Gasteiger partial charge >= 0.3 is 6.09 Å². The predicted octanol–water partition coefficient (Wildman–Crippen LogP) is 5.10. The third-order valence-electron chi connectivity index (χ3n) is 3.71. The largest absolute Gasteiger partial charge is 0.500 e. The SMILES string of the molecule is C=C(C)OC(=O)Nc1ccc(C#CO[Si](C)(C)C(C)(C)C)cc1. The van der Waals surface area contributed by atoms with Gasteiger partial charge in [0.2, 0.25) is 0 Å². The molecule has 0 bridgehead atoms. The van der Waals surface area contributed by atoms with Gasteiger partial charge in [-0.05, 0) is 55.2 Å². The van der Waals surface area contributed by atoms with Crippen LogP contribution in [-0.2, 0) is 9.16 Å². The molecule has 23 heavy (non-hydrogen) atoms. The van der Waals surface area contributed by atoms with Gasteiger partial charge < -0.3 is 9.16 Å². The lowest BCUT2D eigenvalue weighted by molar-refractivity contribution is 0.192. The quantitative estimate of drug-likeness (QED) is 0.476. The van der Waals surface area contributed by atoms with E-state index < -0.39 is 14.4 Å². The zero-order valence-corrected chi connectivity index (χ0v) is 15.7. The fourth-order valence-corrected chi connectivity index (χ4v) is 1.92. The molecule has 0 saturated heterocycles. The maximum absolute atomic E-state index is 11.4. The normalized spacial score (nSPS) is 11.0. The second kappa shape index (κ2) is 7.38. The first-order chi connectivity index (χ1) is 10.5. The number of amides is 1. The Morgan fingerprint density at radius 3 is 2.26 bits per heavy atom. The molecule has 1 amide bonds. The molecule has 0 heterocycles. The van der Waals surface area contributed by atoms with E-state index in [4.69, 9.17) is 9.16 Å². The Hall–Kier alpha value is -2.19. The van der Waals surface area contributed by atoms with Crippen molar-refractivity contribution in [3.8, 4) is 12.0 Å². The van der Waals surface area contributed by atoms with Crippen molar-refractivity contribution >= 4 is 20.1 Å². The van der Waals surface area contributed by atoms with Crippen LogP contribution in [0.3, 0.4) is 0 Å². The van der Waals surface area contributed by atoms with E-state index >= 15 is 0 Å². The number of carbonyl (C=O) groups is 1. The molecule has 0 aliphatic rings. The number of carbonyl (C=O) groups excluding carboxylic acids is 1. The maximum Gasteiger partial charge on any atom is 0.416 e. The predicted molar refractivity (Wildman–Crippen MR) is 96.5 cm³/mol. The fourth-order valence-electron chi connectivity index (χ4n) is 1.30. The molecule has 0 radical (unpaired) electrons. The third kappa shape index (κ3) is 6.21. The van der Waals surface area contributed by atoms with Crippen LogP contribution in [0, 0.1) is 12.0 Å².